The van der Waals surface area contributed by atoms with Crippen LogP contribution in [0, 0.1) is 11.3 Å². The number of allylic oxidation sites excluding steroid dienone is 1. The molecule has 0 spiro atoms. The van der Waals surface area contributed by atoms with Crippen molar-refractivity contribution in [2.24, 2.45) is 5.73 Å². The van der Waals surface area contributed by atoms with Crippen molar-refractivity contribution in [2.75, 3.05) is 19.6 Å². The number of likely N-dealkylation sites (tertiary alicyclic amines) is 1. The highest BCUT2D eigenvalue weighted by atomic mass is 16.1. The molecule has 70 valence electrons. The van der Waals surface area contributed by atoms with E-state index in [1.807, 2.05) is 11.0 Å². The average Bonchev–Trinajstić information content (AvgIpc) is 1.97. The van der Waals surface area contributed by atoms with Crippen LogP contribution in [0.4, 0.5) is 0 Å². The summed E-state index contributed by atoms with van der Waals surface area (Å²) < 4.78 is 0. The van der Waals surface area contributed by atoms with Crippen LogP contribution in [0.25, 0.3) is 0 Å². The van der Waals surface area contributed by atoms with E-state index < -0.39 is 0 Å². The molecule has 1 fully saturated rings. The number of hydrogen-bond donors (Lipinski definition) is 1. The van der Waals surface area contributed by atoms with E-state index in [9.17, 15) is 4.79 Å². The fourth-order valence-electron chi connectivity index (χ4n) is 1.19. The Labute approximate surface area is 77.6 Å². The van der Waals surface area contributed by atoms with Crippen LogP contribution in [0.15, 0.2) is 11.3 Å². The molecular formula is C9H13N3O. The number of nitrogens with two attached hydrogens (primary N) is 1. The molecule has 2 N–H and O–H groups in total. The third-order valence-corrected chi connectivity index (χ3v) is 2.10. The zero-order chi connectivity index (χ0) is 9.84. The predicted molar refractivity (Wildman–Crippen MR) is 48.6 cm³/mol. The van der Waals surface area contributed by atoms with Gasteiger partial charge in [0.15, 0.2) is 5.78 Å². The molecule has 0 aliphatic carbocycles. The van der Waals surface area contributed by atoms with Crippen LogP contribution in [0.3, 0.4) is 0 Å². The molecule has 0 bridgehead atoms. The first-order valence-corrected chi connectivity index (χ1v) is 4.27. The van der Waals surface area contributed by atoms with Crippen molar-refractivity contribution in [1.29, 1.82) is 5.26 Å². The van der Waals surface area contributed by atoms with E-state index in [4.69, 9.17) is 11.0 Å². The number of rotatable bonds is 3. The summed E-state index contributed by atoms with van der Waals surface area (Å²) in [5, 5.41) is 8.64. The minimum atomic E-state index is -0.165. The van der Waals surface area contributed by atoms with Crippen molar-refractivity contribution in [1.82, 2.24) is 4.90 Å². The second kappa shape index (κ2) is 4.06. The molecule has 0 radical (unpaired) electrons. The first-order chi connectivity index (χ1) is 6.15. The Morgan fingerprint density at radius 3 is 2.54 bits per heavy atom. The van der Waals surface area contributed by atoms with Crippen LogP contribution >= 0.6 is 0 Å². The highest BCUT2D eigenvalue weighted by Crippen LogP contribution is 2.08. The molecule has 1 heterocycles. The molecule has 4 nitrogen and oxygen atoms in total. The lowest BCUT2D eigenvalue weighted by atomic mass is 10.1. The number of nitrogens with zero attached hydrogens (tertiary/aromatic N) is 2. The molecule has 13 heavy (non-hydrogen) atoms. The Bertz CT molecular complexity index is 280. The van der Waals surface area contributed by atoms with Gasteiger partial charge in [-0.15, -0.1) is 0 Å². The van der Waals surface area contributed by atoms with Crippen LogP contribution in [0.5, 0.6) is 0 Å². The van der Waals surface area contributed by atoms with Gasteiger partial charge in [0.1, 0.15) is 11.6 Å². The zero-order valence-electron chi connectivity index (χ0n) is 7.71. The van der Waals surface area contributed by atoms with Crippen LogP contribution in [0.2, 0.25) is 0 Å². The van der Waals surface area contributed by atoms with Gasteiger partial charge in [-0.1, -0.05) is 0 Å². The summed E-state index contributed by atoms with van der Waals surface area (Å²) >= 11 is 0. The van der Waals surface area contributed by atoms with Crippen LogP contribution in [-0.2, 0) is 4.79 Å². The van der Waals surface area contributed by atoms with Gasteiger partial charge in [-0.3, -0.25) is 9.69 Å². The fraction of sp³-hybridized carbons (Fsp3) is 0.556. The van der Waals surface area contributed by atoms with Gasteiger partial charge >= 0.3 is 0 Å². The van der Waals surface area contributed by atoms with E-state index >= 15 is 0 Å². The molecule has 0 atom stereocenters. The molecule has 0 aromatic carbocycles. The lowest BCUT2D eigenvalue weighted by molar-refractivity contribution is -0.117. The maximum atomic E-state index is 11.4. The molecule has 0 aromatic rings. The average molecular weight is 179 g/mol. The highest BCUT2D eigenvalue weighted by molar-refractivity contribution is 6.01. The first kappa shape index (κ1) is 9.75. The molecular weight excluding hydrogens is 166 g/mol. The van der Waals surface area contributed by atoms with Gasteiger partial charge < -0.3 is 5.73 Å². The van der Waals surface area contributed by atoms with E-state index in [0.717, 1.165) is 19.5 Å². The Kier molecular flexibility index (Phi) is 3.04. The highest BCUT2D eigenvalue weighted by Gasteiger charge is 2.20. The summed E-state index contributed by atoms with van der Waals surface area (Å²) in [4.78, 5) is 13.4. The van der Waals surface area contributed by atoms with Gasteiger partial charge in [0.05, 0.1) is 6.54 Å². The molecule has 4 heteroatoms. The lowest BCUT2D eigenvalue weighted by Crippen LogP contribution is -2.41. The third-order valence-electron chi connectivity index (χ3n) is 2.10. The molecule has 0 aromatic heterocycles. The maximum Gasteiger partial charge on any atom is 0.189 e. The molecule has 1 saturated heterocycles. The summed E-state index contributed by atoms with van der Waals surface area (Å²) in [6.45, 7) is 3.81. The first-order valence-electron chi connectivity index (χ1n) is 4.27. The fourth-order valence-corrected chi connectivity index (χ4v) is 1.19. The van der Waals surface area contributed by atoms with Crippen LogP contribution in [0.1, 0.15) is 13.3 Å². The summed E-state index contributed by atoms with van der Waals surface area (Å²) in [7, 11) is 0. The summed E-state index contributed by atoms with van der Waals surface area (Å²) in [5.41, 5.74) is 5.82. The molecule has 0 amide bonds. The van der Waals surface area contributed by atoms with Crippen molar-refractivity contribution in [2.45, 2.75) is 13.3 Å². The minimum Gasteiger partial charge on any atom is -0.401 e. The van der Waals surface area contributed by atoms with Gasteiger partial charge in [-0.25, -0.2) is 0 Å². The normalized spacial score (nSPS) is 18.5. The van der Waals surface area contributed by atoms with Crippen molar-refractivity contribution in [3.8, 4) is 6.07 Å². The molecule has 0 saturated carbocycles. The molecule has 1 rings (SSSR count). The summed E-state index contributed by atoms with van der Waals surface area (Å²) in [5.74, 6) is -0.165. The monoisotopic (exact) mass is 179 g/mol. The van der Waals surface area contributed by atoms with E-state index in [1.54, 1.807) is 6.92 Å². The Morgan fingerprint density at radius 2 is 2.23 bits per heavy atom. The van der Waals surface area contributed by atoms with Gasteiger partial charge in [0.2, 0.25) is 0 Å². The van der Waals surface area contributed by atoms with Crippen LogP contribution in [-0.4, -0.2) is 30.3 Å². The second-order valence-electron chi connectivity index (χ2n) is 3.22. The molecule has 0 unspecified atom stereocenters. The van der Waals surface area contributed by atoms with Crippen molar-refractivity contribution in [3.63, 3.8) is 0 Å². The number of nitriles is 1. The smallest absolute Gasteiger partial charge is 0.189 e. The summed E-state index contributed by atoms with van der Waals surface area (Å²) in [6, 6.07) is 1.83. The van der Waals surface area contributed by atoms with Gasteiger partial charge in [0.25, 0.3) is 0 Å². The Balaban J connectivity index is 2.56. The largest absolute Gasteiger partial charge is 0.401 e. The van der Waals surface area contributed by atoms with Gasteiger partial charge in [0, 0.05) is 5.70 Å². The SMILES string of the molecule is C/C(N)=C(\C#N)C(=O)CN1CCC1. The lowest BCUT2D eigenvalue weighted by Gasteiger charge is -2.29. The minimum absolute atomic E-state index is 0.104. The van der Waals surface area contributed by atoms with Crippen LogP contribution < -0.4 is 5.73 Å². The van der Waals surface area contributed by atoms with Crippen molar-refractivity contribution in [3.05, 3.63) is 11.3 Å². The van der Waals surface area contributed by atoms with E-state index in [1.165, 1.54) is 0 Å². The van der Waals surface area contributed by atoms with Gasteiger partial charge in [-0.05, 0) is 26.4 Å². The third kappa shape index (κ3) is 2.30. The maximum absolute atomic E-state index is 11.4. The topological polar surface area (TPSA) is 70.1 Å². The number of carbonyl (C=O) groups excluding carboxylic acids is 1. The second-order valence-corrected chi connectivity index (χ2v) is 3.22. The van der Waals surface area contributed by atoms with Crippen molar-refractivity contribution >= 4 is 5.78 Å². The quantitative estimate of drug-likeness (QED) is 0.489. The van der Waals surface area contributed by atoms with Crippen molar-refractivity contribution < 1.29 is 4.79 Å². The number of hydrogen-bond acceptors (Lipinski definition) is 4. The number of carbonyl (C=O) groups is 1. The Hall–Kier alpha value is -1.34. The Morgan fingerprint density at radius 1 is 1.62 bits per heavy atom. The molecule has 1 aliphatic heterocycles. The van der Waals surface area contributed by atoms with E-state index in [-0.39, 0.29) is 11.4 Å². The predicted octanol–water partition coefficient (Wildman–Crippen LogP) is 0.0175. The standard InChI is InChI=1S/C9H13N3O/c1-7(11)8(5-10)9(13)6-12-3-2-4-12/h2-4,6,11H2,1H3/b8-7-. The number of Topliss-reactive ketones (excluding diaryl/α,β-unsaturated/α-hetero) is 1. The molecule has 1 aliphatic rings. The zero-order valence-corrected chi connectivity index (χ0v) is 7.71. The van der Waals surface area contributed by atoms with Gasteiger partial charge in [-0.2, -0.15) is 5.26 Å². The summed E-state index contributed by atoms with van der Waals surface area (Å²) in [6.07, 6.45) is 1.14. The number of ketones is 1. The van der Waals surface area contributed by atoms with E-state index in [2.05, 4.69) is 0 Å². The van der Waals surface area contributed by atoms with E-state index in [0.29, 0.717) is 12.2 Å².